The molecule has 2 aromatic carbocycles. The molecule has 0 aliphatic rings. The van der Waals surface area contributed by atoms with Crippen LogP contribution in [0.2, 0.25) is 5.02 Å². The molecule has 0 aromatic heterocycles. The van der Waals surface area contributed by atoms with Crippen LogP contribution in [0.25, 0.3) is 0 Å². The minimum atomic E-state index is -1.08. The maximum Gasteiger partial charge on any atom is 0.160 e. The van der Waals surface area contributed by atoms with E-state index < -0.39 is 17.7 Å². The summed E-state index contributed by atoms with van der Waals surface area (Å²) in [5.74, 6) is -2.06. The Morgan fingerprint density at radius 3 is 2.22 bits per heavy atom. The Kier molecular flexibility index (Phi) is 3.64. The van der Waals surface area contributed by atoms with Gasteiger partial charge in [-0.25, -0.2) is 8.78 Å². The van der Waals surface area contributed by atoms with Gasteiger partial charge < -0.3 is 5.11 Å². The summed E-state index contributed by atoms with van der Waals surface area (Å²) in [6.45, 7) is 1.92. The van der Waals surface area contributed by atoms with Gasteiger partial charge in [0.05, 0.1) is 0 Å². The standard InChI is InChI=1S/C14H11ClF2O/c1-8-2-4-9(5-3-8)14(18)10-6-12(16)13(17)7-11(10)15/h2-7,14,18H,1H3. The van der Waals surface area contributed by atoms with Crippen LogP contribution in [0.1, 0.15) is 22.8 Å². The van der Waals surface area contributed by atoms with E-state index in [1.165, 1.54) is 0 Å². The van der Waals surface area contributed by atoms with E-state index in [2.05, 4.69) is 0 Å². The number of aryl methyl sites for hydroxylation is 1. The Labute approximate surface area is 109 Å². The van der Waals surface area contributed by atoms with Crippen molar-refractivity contribution >= 4 is 11.6 Å². The van der Waals surface area contributed by atoms with Gasteiger partial charge >= 0.3 is 0 Å². The Morgan fingerprint density at radius 2 is 1.61 bits per heavy atom. The first-order chi connectivity index (χ1) is 8.49. The molecule has 0 fully saturated rings. The van der Waals surface area contributed by atoms with E-state index in [0.717, 1.165) is 17.7 Å². The van der Waals surface area contributed by atoms with Crippen molar-refractivity contribution in [3.05, 3.63) is 69.7 Å². The van der Waals surface area contributed by atoms with Gasteiger partial charge in [0.2, 0.25) is 0 Å². The fraction of sp³-hybridized carbons (Fsp3) is 0.143. The molecule has 1 unspecified atom stereocenters. The van der Waals surface area contributed by atoms with Gasteiger partial charge in [-0.05, 0) is 24.6 Å². The predicted octanol–water partition coefficient (Wildman–Crippen LogP) is 4.01. The smallest absolute Gasteiger partial charge is 0.160 e. The molecule has 4 heteroatoms. The van der Waals surface area contributed by atoms with E-state index in [1.807, 2.05) is 19.1 Å². The van der Waals surface area contributed by atoms with Gasteiger partial charge in [-0.2, -0.15) is 0 Å². The van der Waals surface area contributed by atoms with E-state index in [1.54, 1.807) is 12.1 Å². The van der Waals surface area contributed by atoms with Crippen molar-refractivity contribution in [1.82, 2.24) is 0 Å². The summed E-state index contributed by atoms with van der Waals surface area (Å²) in [6.07, 6.45) is -1.08. The number of hydrogen-bond donors (Lipinski definition) is 1. The van der Waals surface area contributed by atoms with E-state index >= 15 is 0 Å². The van der Waals surface area contributed by atoms with Gasteiger partial charge in [0.15, 0.2) is 11.6 Å². The number of hydrogen-bond acceptors (Lipinski definition) is 1. The van der Waals surface area contributed by atoms with Crippen LogP contribution in [-0.4, -0.2) is 5.11 Å². The minimum Gasteiger partial charge on any atom is -0.384 e. The van der Waals surface area contributed by atoms with E-state index in [-0.39, 0.29) is 10.6 Å². The van der Waals surface area contributed by atoms with Gasteiger partial charge in [-0.15, -0.1) is 0 Å². The van der Waals surface area contributed by atoms with Crippen LogP contribution >= 0.6 is 11.6 Å². The maximum atomic E-state index is 13.2. The van der Waals surface area contributed by atoms with Crippen molar-refractivity contribution in [1.29, 1.82) is 0 Å². The quantitative estimate of drug-likeness (QED) is 0.816. The van der Waals surface area contributed by atoms with Crippen molar-refractivity contribution in [2.24, 2.45) is 0 Å². The van der Waals surface area contributed by atoms with Crippen LogP contribution in [0.3, 0.4) is 0 Å². The van der Waals surface area contributed by atoms with E-state index in [0.29, 0.717) is 5.56 Å². The lowest BCUT2D eigenvalue weighted by Crippen LogP contribution is -2.02. The second-order valence-corrected chi connectivity index (χ2v) is 4.51. The molecule has 2 aromatic rings. The fourth-order valence-electron chi connectivity index (χ4n) is 1.68. The molecule has 0 saturated heterocycles. The number of halogens is 3. The summed E-state index contributed by atoms with van der Waals surface area (Å²) in [6, 6.07) is 8.87. The molecule has 94 valence electrons. The molecule has 0 saturated carbocycles. The highest BCUT2D eigenvalue weighted by Gasteiger charge is 2.17. The highest BCUT2D eigenvalue weighted by atomic mass is 35.5. The van der Waals surface area contributed by atoms with Crippen molar-refractivity contribution in [3.8, 4) is 0 Å². The summed E-state index contributed by atoms with van der Waals surface area (Å²) in [4.78, 5) is 0. The molecule has 0 bridgehead atoms. The van der Waals surface area contributed by atoms with Gasteiger partial charge in [-0.1, -0.05) is 41.4 Å². The van der Waals surface area contributed by atoms with E-state index in [9.17, 15) is 13.9 Å². The number of benzene rings is 2. The minimum absolute atomic E-state index is 0.00183. The molecule has 0 aliphatic heterocycles. The average molecular weight is 269 g/mol. The van der Waals surface area contributed by atoms with Gasteiger partial charge in [0.25, 0.3) is 0 Å². The maximum absolute atomic E-state index is 13.2. The summed E-state index contributed by atoms with van der Waals surface area (Å²) in [5, 5.41) is 10.1. The van der Waals surface area contributed by atoms with Gasteiger partial charge in [-0.3, -0.25) is 0 Å². The highest BCUT2D eigenvalue weighted by molar-refractivity contribution is 6.31. The molecule has 0 heterocycles. The Morgan fingerprint density at radius 1 is 1.06 bits per heavy atom. The normalized spacial score (nSPS) is 12.5. The van der Waals surface area contributed by atoms with Gasteiger partial charge in [0, 0.05) is 10.6 Å². The van der Waals surface area contributed by atoms with Crippen LogP contribution in [-0.2, 0) is 0 Å². The number of rotatable bonds is 2. The summed E-state index contributed by atoms with van der Waals surface area (Å²) >= 11 is 5.81. The molecule has 2 rings (SSSR count). The lowest BCUT2D eigenvalue weighted by molar-refractivity contribution is 0.219. The third kappa shape index (κ3) is 2.52. The average Bonchev–Trinajstić information content (AvgIpc) is 2.34. The number of aliphatic hydroxyl groups is 1. The number of aliphatic hydroxyl groups excluding tert-OH is 1. The molecule has 1 atom stereocenters. The van der Waals surface area contributed by atoms with Crippen LogP contribution in [0.15, 0.2) is 36.4 Å². The van der Waals surface area contributed by atoms with Gasteiger partial charge in [0.1, 0.15) is 6.10 Å². The second-order valence-electron chi connectivity index (χ2n) is 4.10. The molecule has 0 spiro atoms. The zero-order valence-electron chi connectivity index (χ0n) is 9.62. The second kappa shape index (κ2) is 5.04. The molecule has 1 N–H and O–H groups in total. The topological polar surface area (TPSA) is 20.2 Å². The third-order valence-electron chi connectivity index (χ3n) is 2.73. The van der Waals surface area contributed by atoms with Crippen LogP contribution in [0, 0.1) is 18.6 Å². The highest BCUT2D eigenvalue weighted by Crippen LogP contribution is 2.30. The summed E-state index contributed by atoms with van der Waals surface area (Å²) in [5.41, 5.74) is 1.77. The molecule has 0 radical (unpaired) electrons. The fourth-order valence-corrected chi connectivity index (χ4v) is 1.93. The van der Waals surface area contributed by atoms with E-state index in [4.69, 9.17) is 11.6 Å². The molecule has 0 aliphatic carbocycles. The van der Waals surface area contributed by atoms with Crippen molar-refractivity contribution < 1.29 is 13.9 Å². The zero-order valence-corrected chi connectivity index (χ0v) is 10.4. The van der Waals surface area contributed by atoms with Crippen molar-refractivity contribution in [3.63, 3.8) is 0 Å². The predicted molar refractivity (Wildman–Crippen MR) is 66.6 cm³/mol. The largest absolute Gasteiger partial charge is 0.384 e. The first kappa shape index (κ1) is 13.0. The molecule has 1 nitrogen and oxygen atoms in total. The monoisotopic (exact) mass is 268 g/mol. The van der Waals surface area contributed by atoms with Crippen LogP contribution < -0.4 is 0 Å². The molecular formula is C14H11ClF2O. The summed E-state index contributed by atoms with van der Waals surface area (Å²) in [7, 11) is 0. The first-order valence-corrected chi connectivity index (χ1v) is 5.76. The van der Waals surface area contributed by atoms with Crippen LogP contribution in [0.4, 0.5) is 8.78 Å². The third-order valence-corrected chi connectivity index (χ3v) is 3.05. The zero-order chi connectivity index (χ0) is 13.3. The van der Waals surface area contributed by atoms with Crippen molar-refractivity contribution in [2.75, 3.05) is 0 Å². The SMILES string of the molecule is Cc1ccc(C(O)c2cc(F)c(F)cc2Cl)cc1. The summed E-state index contributed by atoms with van der Waals surface area (Å²) < 4.78 is 26.1. The lowest BCUT2D eigenvalue weighted by Gasteiger charge is -2.13. The molecule has 18 heavy (non-hydrogen) atoms. The molecular weight excluding hydrogens is 258 g/mol. The molecule has 0 amide bonds. The first-order valence-electron chi connectivity index (χ1n) is 5.38. The van der Waals surface area contributed by atoms with Crippen molar-refractivity contribution in [2.45, 2.75) is 13.0 Å². The van der Waals surface area contributed by atoms with Crippen LogP contribution in [0.5, 0.6) is 0 Å². The Balaban J connectivity index is 2.42. The lowest BCUT2D eigenvalue weighted by atomic mass is 10.0. The Bertz CT molecular complexity index is 567. The Hall–Kier alpha value is -1.45.